The Kier molecular flexibility index (Phi) is 11.9. The minimum Gasteiger partial charge on any atom is -0.494 e. The molecule has 1 aromatic heterocycles. The lowest BCUT2D eigenvalue weighted by Crippen LogP contribution is -2.30. The number of halogens is 2. The van der Waals surface area contributed by atoms with Crippen molar-refractivity contribution in [1.82, 2.24) is 10.3 Å². The molecule has 8 nitrogen and oxygen atoms in total. The average molecular weight is 718 g/mol. The van der Waals surface area contributed by atoms with Crippen molar-refractivity contribution in [2.75, 3.05) is 17.2 Å². The minimum absolute atomic E-state index is 0.0698. The number of carbonyl (C=O) groups excluding carboxylic acids is 3. The molecule has 48 heavy (non-hydrogen) atoms. The first-order chi connectivity index (χ1) is 23.2. The highest BCUT2D eigenvalue weighted by molar-refractivity contribution is 8.00. The molecule has 3 N–H and O–H groups in total. The number of hydrogen-bond donors (Lipinski definition) is 3. The van der Waals surface area contributed by atoms with Gasteiger partial charge in [0.2, 0.25) is 5.91 Å². The fourth-order valence-corrected chi connectivity index (χ4v) is 6.45. The van der Waals surface area contributed by atoms with E-state index in [2.05, 4.69) is 20.9 Å². The van der Waals surface area contributed by atoms with Gasteiger partial charge in [-0.3, -0.25) is 14.4 Å². The molecule has 0 bridgehead atoms. The monoisotopic (exact) mass is 716 g/mol. The molecule has 1 heterocycles. The van der Waals surface area contributed by atoms with Crippen molar-refractivity contribution in [2.45, 2.75) is 24.0 Å². The summed E-state index contributed by atoms with van der Waals surface area (Å²) in [6, 6.07) is 28.1. The summed E-state index contributed by atoms with van der Waals surface area (Å²) in [4.78, 5) is 44.6. The zero-order valence-electron chi connectivity index (χ0n) is 25.8. The van der Waals surface area contributed by atoms with Crippen LogP contribution in [-0.4, -0.2) is 34.6 Å². The van der Waals surface area contributed by atoms with E-state index in [1.165, 1.54) is 23.1 Å². The van der Waals surface area contributed by atoms with Crippen LogP contribution in [0.3, 0.4) is 0 Å². The second-order valence-electron chi connectivity index (χ2n) is 10.3. The van der Waals surface area contributed by atoms with Crippen molar-refractivity contribution in [1.29, 1.82) is 0 Å². The maximum Gasteiger partial charge on any atom is 0.272 e. The molecule has 0 fully saturated rings. The van der Waals surface area contributed by atoms with Crippen LogP contribution in [0.4, 0.5) is 10.8 Å². The molecule has 5 aromatic rings. The number of ether oxygens (including phenoxy) is 1. The van der Waals surface area contributed by atoms with E-state index >= 15 is 0 Å². The van der Waals surface area contributed by atoms with E-state index in [1.54, 1.807) is 91.9 Å². The summed E-state index contributed by atoms with van der Waals surface area (Å²) in [5, 5.41) is 11.3. The van der Waals surface area contributed by atoms with Gasteiger partial charge in [-0.1, -0.05) is 53.5 Å². The van der Waals surface area contributed by atoms with Crippen LogP contribution in [0.1, 0.15) is 29.8 Å². The fourth-order valence-electron chi connectivity index (χ4n) is 4.37. The predicted molar refractivity (Wildman–Crippen MR) is 196 cm³/mol. The van der Waals surface area contributed by atoms with Crippen LogP contribution in [0.25, 0.3) is 17.3 Å². The maximum atomic E-state index is 13.4. The lowest BCUT2D eigenvalue weighted by atomic mass is 10.1. The van der Waals surface area contributed by atoms with Crippen LogP contribution in [0, 0.1) is 0 Å². The van der Waals surface area contributed by atoms with Gasteiger partial charge >= 0.3 is 0 Å². The molecule has 12 heteroatoms. The second kappa shape index (κ2) is 16.5. The summed E-state index contributed by atoms with van der Waals surface area (Å²) in [7, 11) is 0. The normalized spacial score (nSPS) is 11.8. The summed E-state index contributed by atoms with van der Waals surface area (Å²) in [5.74, 6) is -0.414. The Hall–Kier alpha value is -4.61. The van der Waals surface area contributed by atoms with E-state index in [0.717, 1.165) is 10.5 Å². The van der Waals surface area contributed by atoms with Gasteiger partial charge in [0.15, 0.2) is 5.13 Å². The smallest absolute Gasteiger partial charge is 0.272 e. The molecule has 1 unspecified atom stereocenters. The van der Waals surface area contributed by atoms with Crippen LogP contribution >= 0.6 is 46.3 Å². The van der Waals surface area contributed by atoms with E-state index in [-0.39, 0.29) is 11.6 Å². The van der Waals surface area contributed by atoms with Gasteiger partial charge in [0.05, 0.1) is 22.6 Å². The Morgan fingerprint density at radius 1 is 0.938 bits per heavy atom. The van der Waals surface area contributed by atoms with Crippen LogP contribution in [-0.2, 0) is 9.59 Å². The van der Waals surface area contributed by atoms with Crippen LogP contribution in [0.2, 0.25) is 10.0 Å². The summed E-state index contributed by atoms with van der Waals surface area (Å²) < 4.78 is 5.51. The topological polar surface area (TPSA) is 109 Å². The minimum atomic E-state index is -0.496. The predicted octanol–water partition coefficient (Wildman–Crippen LogP) is 9.04. The van der Waals surface area contributed by atoms with Gasteiger partial charge in [-0.25, -0.2) is 4.98 Å². The number of carbonyl (C=O) groups is 3. The molecule has 1 atom stereocenters. The molecule has 4 aromatic carbocycles. The zero-order valence-corrected chi connectivity index (χ0v) is 29.0. The van der Waals surface area contributed by atoms with E-state index in [0.29, 0.717) is 50.0 Å². The third-order valence-corrected chi connectivity index (χ3v) is 9.18. The van der Waals surface area contributed by atoms with E-state index < -0.39 is 17.1 Å². The van der Waals surface area contributed by atoms with Crippen LogP contribution < -0.4 is 20.7 Å². The Morgan fingerprint density at radius 3 is 2.35 bits per heavy atom. The SMILES string of the molecule is CCOc1ccc(/C=C(\NC(=O)c2ccccc2)C(=O)Nc2ccc(SC(C)C(=O)Nc3nc(-c4ccc(Cl)cc4Cl)cs3)cc2)cc1. The van der Waals surface area contributed by atoms with E-state index in [1.807, 2.05) is 30.5 Å². The quantitative estimate of drug-likeness (QED) is 0.0878. The molecule has 5 rings (SSSR count). The number of nitrogens with one attached hydrogen (secondary N) is 3. The molecule has 0 saturated carbocycles. The zero-order chi connectivity index (χ0) is 34.0. The molecule has 0 aliphatic rings. The van der Waals surface area contributed by atoms with Gasteiger partial charge in [-0.05, 0) is 92.2 Å². The van der Waals surface area contributed by atoms with Gasteiger partial charge in [-0.15, -0.1) is 23.1 Å². The Labute approximate surface area is 296 Å². The van der Waals surface area contributed by atoms with Gasteiger partial charge in [-0.2, -0.15) is 0 Å². The van der Waals surface area contributed by atoms with Crippen LogP contribution in [0.15, 0.2) is 113 Å². The third-order valence-electron chi connectivity index (χ3n) is 6.77. The highest BCUT2D eigenvalue weighted by Gasteiger charge is 2.18. The molecular weight excluding hydrogens is 687 g/mol. The van der Waals surface area contributed by atoms with Crippen LogP contribution in [0.5, 0.6) is 5.75 Å². The lowest BCUT2D eigenvalue weighted by molar-refractivity contribution is -0.115. The van der Waals surface area contributed by atoms with Gasteiger partial charge in [0, 0.05) is 32.1 Å². The van der Waals surface area contributed by atoms with Crippen molar-refractivity contribution in [2.24, 2.45) is 0 Å². The summed E-state index contributed by atoms with van der Waals surface area (Å²) in [6.45, 7) is 4.24. The lowest BCUT2D eigenvalue weighted by Gasteiger charge is -2.13. The molecule has 0 aliphatic carbocycles. The Balaban J connectivity index is 1.22. The molecular formula is C36H30Cl2N4O4S2. The summed E-state index contributed by atoms with van der Waals surface area (Å²) >= 11 is 15.0. The number of hydrogen-bond acceptors (Lipinski definition) is 7. The number of thioether (sulfide) groups is 1. The van der Waals surface area contributed by atoms with E-state index in [4.69, 9.17) is 27.9 Å². The standard InChI is InChI=1S/C36H30Cl2N4O4S2/c1-3-46-27-14-9-23(10-15-27)19-31(40-34(44)24-7-5-4-6-8-24)35(45)39-26-12-16-28(17-13-26)48-22(2)33(43)42-36-41-32(21-47-36)29-18-11-25(37)20-30(29)38/h4-22H,3H2,1-2H3,(H,39,45)(H,40,44)(H,41,42,43)/b31-19-. The number of benzene rings is 4. The van der Waals surface area contributed by atoms with Gasteiger partial charge < -0.3 is 20.7 Å². The van der Waals surface area contributed by atoms with E-state index in [9.17, 15) is 14.4 Å². The van der Waals surface area contributed by atoms with Gasteiger partial charge in [0.25, 0.3) is 11.8 Å². The number of rotatable bonds is 12. The molecule has 244 valence electrons. The second-order valence-corrected chi connectivity index (χ2v) is 13.4. The van der Waals surface area contributed by atoms with Crippen molar-refractivity contribution >= 4 is 80.9 Å². The molecule has 0 radical (unpaired) electrons. The van der Waals surface area contributed by atoms with Crippen molar-refractivity contribution in [3.05, 3.63) is 129 Å². The maximum absolute atomic E-state index is 13.4. The molecule has 3 amide bonds. The first kappa shape index (κ1) is 34.7. The molecule has 0 aliphatic heterocycles. The number of aromatic nitrogens is 1. The number of thiazole rings is 1. The number of nitrogens with zero attached hydrogens (tertiary/aromatic N) is 1. The van der Waals surface area contributed by atoms with Crippen molar-refractivity contribution < 1.29 is 19.1 Å². The van der Waals surface area contributed by atoms with Gasteiger partial charge in [0.1, 0.15) is 11.4 Å². The Morgan fingerprint density at radius 2 is 1.67 bits per heavy atom. The molecule has 0 spiro atoms. The molecule has 0 saturated heterocycles. The average Bonchev–Trinajstić information content (AvgIpc) is 3.54. The number of amides is 3. The highest BCUT2D eigenvalue weighted by atomic mass is 35.5. The highest BCUT2D eigenvalue weighted by Crippen LogP contribution is 2.33. The summed E-state index contributed by atoms with van der Waals surface area (Å²) in [6.07, 6.45) is 1.60. The first-order valence-corrected chi connectivity index (χ1v) is 17.3. The largest absolute Gasteiger partial charge is 0.494 e. The fraction of sp³-hybridized carbons (Fsp3) is 0.111. The third kappa shape index (κ3) is 9.48. The van der Waals surface area contributed by atoms with Crippen molar-refractivity contribution in [3.63, 3.8) is 0 Å². The Bertz CT molecular complexity index is 1930. The van der Waals surface area contributed by atoms with Crippen molar-refractivity contribution in [3.8, 4) is 17.0 Å². The first-order valence-electron chi connectivity index (χ1n) is 14.8. The summed E-state index contributed by atoms with van der Waals surface area (Å²) in [5.41, 5.74) is 3.09. The number of anilines is 2.